The molecule has 0 bridgehead atoms. The quantitative estimate of drug-likeness (QED) is 0.804. The maximum atomic E-state index is 12.8. The molecule has 1 aromatic rings. The highest BCUT2D eigenvalue weighted by Crippen LogP contribution is 2.14. The third kappa shape index (κ3) is 4.82. The lowest BCUT2D eigenvalue weighted by Gasteiger charge is -2.18. The molecule has 0 aliphatic heterocycles. The lowest BCUT2D eigenvalue weighted by Crippen LogP contribution is -2.38. The first-order chi connectivity index (χ1) is 8.02. The maximum Gasteiger partial charge on any atom is 0.254 e. The zero-order chi connectivity index (χ0) is 12.8. The molecule has 0 saturated carbocycles. The van der Waals surface area contributed by atoms with Crippen LogP contribution in [-0.2, 0) is 6.42 Å². The van der Waals surface area contributed by atoms with Gasteiger partial charge in [-0.2, -0.15) is 0 Å². The van der Waals surface area contributed by atoms with Gasteiger partial charge in [0, 0.05) is 0 Å². The maximum absolute atomic E-state index is 12.8. The third-order valence-electron chi connectivity index (χ3n) is 2.70. The second kappa shape index (κ2) is 6.70. The number of hydrogen-bond acceptors (Lipinski definition) is 1. The van der Waals surface area contributed by atoms with E-state index < -0.39 is 12.5 Å². The van der Waals surface area contributed by atoms with Crippen molar-refractivity contribution in [2.45, 2.75) is 46.1 Å². The standard InChI is InChI=1S/C14H21F2N/c1-4-5-17-13(14(15)16)9-12-7-10(2)6-11(3)8-12/h6-8,13-14,17H,4-5,9H2,1-3H3. The molecular formula is C14H21F2N. The van der Waals surface area contributed by atoms with Crippen molar-refractivity contribution in [1.29, 1.82) is 0 Å². The molecule has 0 spiro atoms. The molecule has 0 fully saturated rings. The lowest BCUT2D eigenvalue weighted by atomic mass is 10.0. The molecular weight excluding hydrogens is 220 g/mol. The van der Waals surface area contributed by atoms with E-state index in [0.29, 0.717) is 13.0 Å². The molecule has 3 heteroatoms. The minimum Gasteiger partial charge on any atom is -0.309 e. The summed E-state index contributed by atoms with van der Waals surface area (Å²) in [5.74, 6) is 0. The van der Waals surface area contributed by atoms with E-state index in [1.165, 1.54) is 0 Å². The van der Waals surface area contributed by atoms with Gasteiger partial charge in [-0.05, 0) is 38.8 Å². The Bertz CT molecular complexity index is 330. The summed E-state index contributed by atoms with van der Waals surface area (Å²) in [4.78, 5) is 0. The SMILES string of the molecule is CCCNC(Cc1cc(C)cc(C)c1)C(F)F. The Kier molecular flexibility index (Phi) is 5.56. The number of benzene rings is 1. The van der Waals surface area contributed by atoms with Crippen LogP contribution in [0.15, 0.2) is 18.2 Å². The van der Waals surface area contributed by atoms with Crippen molar-refractivity contribution in [3.63, 3.8) is 0 Å². The Morgan fingerprint density at radius 2 is 1.71 bits per heavy atom. The van der Waals surface area contributed by atoms with Gasteiger partial charge in [-0.3, -0.25) is 0 Å². The van der Waals surface area contributed by atoms with Crippen LogP contribution >= 0.6 is 0 Å². The van der Waals surface area contributed by atoms with Gasteiger partial charge >= 0.3 is 0 Å². The Morgan fingerprint density at radius 3 is 2.18 bits per heavy atom. The van der Waals surface area contributed by atoms with Gasteiger partial charge < -0.3 is 5.32 Å². The molecule has 0 radical (unpaired) electrons. The normalized spacial score (nSPS) is 13.1. The van der Waals surface area contributed by atoms with Crippen molar-refractivity contribution < 1.29 is 8.78 Å². The van der Waals surface area contributed by atoms with Crippen LogP contribution in [0, 0.1) is 13.8 Å². The molecule has 1 N–H and O–H groups in total. The van der Waals surface area contributed by atoms with Crippen LogP contribution in [0.4, 0.5) is 8.78 Å². The summed E-state index contributed by atoms with van der Waals surface area (Å²) < 4.78 is 25.7. The smallest absolute Gasteiger partial charge is 0.254 e. The first-order valence-corrected chi connectivity index (χ1v) is 6.11. The van der Waals surface area contributed by atoms with Gasteiger partial charge in [0.2, 0.25) is 0 Å². The van der Waals surface area contributed by atoms with Crippen molar-refractivity contribution in [2.24, 2.45) is 0 Å². The second-order valence-electron chi connectivity index (χ2n) is 4.60. The Labute approximate surface area is 102 Å². The predicted octanol–water partition coefficient (Wildman–Crippen LogP) is 3.48. The molecule has 0 aromatic heterocycles. The van der Waals surface area contributed by atoms with Gasteiger partial charge in [0.15, 0.2) is 0 Å². The van der Waals surface area contributed by atoms with Crippen LogP contribution in [-0.4, -0.2) is 19.0 Å². The number of alkyl halides is 2. The molecule has 1 aromatic carbocycles. The van der Waals surface area contributed by atoms with Crippen LogP contribution in [0.1, 0.15) is 30.0 Å². The van der Waals surface area contributed by atoms with Crippen LogP contribution in [0.3, 0.4) is 0 Å². The van der Waals surface area contributed by atoms with Crippen LogP contribution < -0.4 is 5.32 Å². The molecule has 0 amide bonds. The van der Waals surface area contributed by atoms with Crippen molar-refractivity contribution in [3.8, 4) is 0 Å². The second-order valence-corrected chi connectivity index (χ2v) is 4.60. The Balaban J connectivity index is 2.71. The molecule has 0 saturated heterocycles. The van der Waals surface area contributed by atoms with Crippen LogP contribution in [0.2, 0.25) is 0 Å². The molecule has 1 unspecified atom stereocenters. The number of hydrogen-bond donors (Lipinski definition) is 1. The van der Waals surface area contributed by atoms with Crippen molar-refractivity contribution in [3.05, 3.63) is 34.9 Å². The molecule has 96 valence electrons. The Hall–Kier alpha value is -0.960. The fourth-order valence-electron chi connectivity index (χ4n) is 2.02. The van der Waals surface area contributed by atoms with Gasteiger partial charge in [-0.25, -0.2) is 8.78 Å². The fourth-order valence-corrected chi connectivity index (χ4v) is 2.02. The van der Waals surface area contributed by atoms with Gasteiger partial charge in [-0.15, -0.1) is 0 Å². The Morgan fingerprint density at radius 1 is 1.12 bits per heavy atom. The topological polar surface area (TPSA) is 12.0 Å². The minimum atomic E-state index is -2.32. The van der Waals surface area contributed by atoms with E-state index in [2.05, 4.69) is 11.4 Å². The van der Waals surface area contributed by atoms with E-state index in [-0.39, 0.29) is 0 Å². The number of rotatable bonds is 6. The van der Waals surface area contributed by atoms with Crippen LogP contribution in [0.5, 0.6) is 0 Å². The summed E-state index contributed by atoms with van der Waals surface area (Å²) in [5.41, 5.74) is 3.24. The molecule has 0 heterocycles. The highest BCUT2D eigenvalue weighted by atomic mass is 19.3. The zero-order valence-electron chi connectivity index (χ0n) is 10.8. The van der Waals surface area contributed by atoms with Crippen molar-refractivity contribution in [2.75, 3.05) is 6.54 Å². The summed E-state index contributed by atoms with van der Waals surface area (Å²) in [6.45, 7) is 6.60. The summed E-state index contributed by atoms with van der Waals surface area (Å²) >= 11 is 0. The molecule has 17 heavy (non-hydrogen) atoms. The van der Waals surface area contributed by atoms with Crippen molar-refractivity contribution in [1.82, 2.24) is 5.32 Å². The number of halogens is 2. The molecule has 1 atom stereocenters. The molecule has 0 aliphatic rings. The molecule has 1 rings (SSSR count). The van der Waals surface area contributed by atoms with Crippen LogP contribution in [0.25, 0.3) is 0 Å². The predicted molar refractivity (Wildman–Crippen MR) is 67.7 cm³/mol. The van der Waals surface area contributed by atoms with E-state index in [1.807, 2.05) is 32.9 Å². The van der Waals surface area contributed by atoms with E-state index in [4.69, 9.17) is 0 Å². The summed E-state index contributed by atoms with van der Waals surface area (Å²) in [7, 11) is 0. The van der Waals surface area contributed by atoms with Gasteiger partial charge in [0.25, 0.3) is 6.43 Å². The summed E-state index contributed by atoms with van der Waals surface area (Å²) in [6.07, 6.45) is -1.06. The summed E-state index contributed by atoms with van der Waals surface area (Å²) in [6, 6.07) is 5.28. The van der Waals surface area contributed by atoms with E-state index >= 15 is 0 Å². The van der Waals surface area contributed by atoms with Gasteiger partial charge in [-0.1, -0.05) is 36.2 Å². The van der Waals surface area contributed by atoms with Crippen molar-refractivity contribution >= 4 is 0 Å². The lowest BCUT2D eigenvalue weighted by molar-refractivity contribution is 0.0983. The highest BCUT2D eigenvalue weighted by molar-refractivity contribution is 5.29. The van der Waals surface area contributed by atoms with E-state index in [1.54, 1.807) is 0 Å². The molecule has 1 nitrogen and oxygen atoms in total. The van der Waals surface area contributed by atoms with E-state index in [0.717, 1.165) is 23.1 Å². The van der Waals surface area contributed by atoms with Gasteiger partial charge in [0.1, 0.15) is 0 Å². The first kappa shape index (κ1) is 14.1. The minimum absolute atomic E-state index is 0.389. The molecule has 0 aliphatic carbocycles. The third-order valence-corrected chi connectivity index (χ3v) is 2.70. The average Bonchev–Trinajstić information content (AvgIpc) is 2.22. The largest absolute Gasteiger partial charge is 0.309 e. The average molecular weight is 241 g/mol. The van der Waals surface area contributed by atoms with E-state index in [9.17, 15) is 8.78 Å². The number of aryl methyl sites for hydroxylation is 2. The highest BCUT2D eigenvalue weighted by Gasteiger charge is 2.19. The summed E-state index contributed by atoms with van der Waals surface area (Å²) in [5, 5.41) is 2.91. The zero-order valence-corrected chi connectivity index (χ0v) is 10.8. The first-order valence-electron chi connectivity index (χ1n) is 6.11. The fraction of sp³-hybridized carbons (Fsp3) is 0.571. The monoisotopic (exact) mass is 241 g/mol. The van der Waals surface area contributed by atoms with Gasteiger partial charge in [0.05, 0.1) is 6.04 Å². The number of nitrogens with one attached hydrogen (secondary N) is 1.